The Hall–Kier alpha value is -1.32. The first kappa shape index (κ1) is 20.0. The molecule has 0 saturated carbocycles. The van der Waals surface area contributed by atoms with E-state index in [4.69, 9.17) is 16.3 Å². The maximum absolute atomic E-state index is 10.5. The molecule has 0 saturated heterocycles. The molecule has 0 aliphatic heterocycles. The van der Waals surface area contributed by atoms with Gasteiger partial charge >= 0.3 is 0 Å². The molecule has 0 spiro atoms. The van der Waals surface area contributed by atoms with Crippen molar-refractivity contribution >= 4 is 22.5 Å². The molecule has 2 rings (SSSR count). The summed E-state index contributed by atoms with van der Waals surface area (Å²) >= 11 is 6.28. The van der Waals surface area contributed by atoms with Crippen LogP contribution < -0.4 is 4.74 Å². The number of benzene rings is 1. The van der Waals surface area contributed by atoms with Crippen molar-refractivity contribution in [3.05, 3.63) is 35.0 Å². The highest BCUT2D eigenvalue weighted by molar-refractivity contribution is 6.35. The van der Waals surface area contributed by atoms with Crippen LogP contribution in [-0.4, -0.2) is 16.2 Å². The summed E-state index contributed by atoms with van der Waals surface area (Å²) in [7, 11) is 0. The third-order valence-electron chi connectivity index (χ3n) is 4.32. The number of nitrogens with zero attached hydrogens (tertiary/aromatic N) is 1. The molecule has 0 aliphatic rings. The van der Waals surface area contributed by atoms with Crippen LogP contribution in [0.15, 0.2) is 24.3 Å². The van der Waals surface area contributed by atoms with Crippen molar-refractivity contribution in [1.29, 1.82) is 0 Å². The molecule has 3 nitrogen and oxygen atoms in total. The van der Waals surface area contributed by atoms with Gasteiger partial charge in [0.25, 0.3) is 0 Å². The quantitative estimate of drug-likeness (QED) is 0.492. The Balaban J connectivity index is 2.08. The van der Waals surface area contributed by atoms with Crippen molar-refractivity contribution in [2.24, 2.45) is 0 Å². The zero-order chi connectivity index (χ0) is 18.2. The van der Waals surface area contributed by atoms with Gasteiger partial charge in [-0.3, -0.25) is 0 Å². The minimum absolute atomic E-state index is 0.0582. The highest BCUT2D eigenvalue weighted by atomic mass is 35.5. The molecule has 25 heavy (non-hydrogen) atoms. The number of fused-ring (bicyclic) bond motifs is 1. The fourth-order valence-electron chi connectivity index (χ4n) is 2.97. The van der Waals surface area contributed by atoms with Gasteiger partial charge in [0.05, 0.1) is 22.9 Å². The molecule has 1 atom stereocenters. The molecule has 1 N–H and O–H groups in total. The van der Waals surface area contributed by atoms with E-state index in [1.165, 1.54) is 25.7 Å². The van der Waals surface area contributed by atoms with Crippen molar-refractivity contribution in [3.63, 3.8) is 0 Å². The van der Waals surface area contributed by atoms with Crippen LogP contribution in [0.4, 0.5) is 0 Å². The summed E-state index contributed by atoms with van der Waals surface area (Å²) in [5, 5.41) is 12.0. The summed E-state index contributed by atoms with van der Waals surface area (Å²) in [6, 6.07) is 7.48. The molecule has 4 heteroatoms. The molecule has 1 aromatic carbocycles. The Bertz CT molecular complexity index is 672. The van der Waals surface area contributed by atoms with E-state index in [1.54, 1.807) is 0 Å². The predicted octanol–water partition coefficient (Wildman–Crippen LogP) is 6.46. The number of aromatic nitrogens is 1. The van der Waals surface area contributed by atoms with Crippen molar-refractivity contribution in [2.75, 3.05) is 0 Å². The second kappa shape index (κ2) is 9.98. The first-order chi connectivity index (χ1) is 12.0. The van der Waals surface area contributed by atoms with Crippen LogP contribution in [0.2, 0.25) is 5.02 Å². The molecule has 0 amide bonds. The lowest BCUT2D eigenvalue weighted by Crippen LogP contribution is -2.07. The average Bonchev–Trinajstić information content (AvgIpc) is 2.59. The monoisotopic (exact) mass is 363 g/mol. The van der Waals surface area contributed by atoms with Gasteiger partial charge in [-0.15, -0.1) is 0 Å². The summed E-state index contributed by atoms with van der Waals surface area (Å²) in [4.78, 5) is 4.66. The lowest BCUT2D eigenvalue weighted by atomic mass is 10.0. The Morgan fingerprint density at radius 3 is 2.48 bits per heavy atom. The lowest BCUT2D eigenvalue weighted by Gasteiger charge is -2.15. The van der Waals surface area contributed by atoms with E-state index < -0.39 is 6.10 Å². The zero-order valence-electron chi connectivity index (χ0n) is 15.6. The molecule has 2 aromatic rings. The van der Waals surface area contributed by atoms with Crippen molar-refractivity contribution < 1.29 is 9.84 Å². The summed E-state index contributed by atoms with van der Waals surface area (Å²) in [6.07, 6.45) is 7.54. The van der Waals surface area contributed by atoms with Crippen LogP contribution in [0.25, 0.3) is 10.9 Å². The van der Waals surface area contributed by atoms with Crippen molar-refractivity contribution in [3.8, 4) is 5.75 Å². The predicted molar refractivity (Wildman–Crippen MR) is 105 cm³/mol. The van der Waals surface area contributed by atoms with Gasteiger partial charge < -0.3 is 9.84 Å². The lowest BCUT2D eigenvalue weighted by molar-refractivity contribution is 0.159. The minimum Gasteiger partial charge on any atom is -0.489 e. The Kier molecular flexibility index (Phi) is 7.98. The fraction of sp³-hybridized carbons (Fsp3) is 0.571. The van der Waals surface area contributed by atoms with Crippen LogP contribution in [-0.2, 0) is 0 Å². The molecule has 0 bridgehead atoms. The normalized spacial score (nSPS) is 12.7. The average molecular weight is 364 g/mol. The smallest absolute Gasteiger partial charge is 0.146 e. The number of pyridine rings is 1. The molecule has 1 aromatic heterocycles. The summed E-state index contributed by atoms with van der Waals surface area (Å²) in [5.41, 5.74) is 1.41. The Morgan fingerprint density at radius 2 is 1.76 bits per heavy atom. The molecular formula is C21H30ClNO2. The summed E-state index contributed by atoms with van der Waals surface area (Å²) in [6.45, 7) is 6.19. The van der Waals surface area contributed by atoms with E-state index in [1.807, 2.05) is 38.1 Å². The third kappa shape index (κ3) is 5.86. The van der Waals surface area contributed by atoms with Gasteiger partial charge in [-0.1, -0.05) is 57.0 Å². The van der Waals surface area contributed by atoms with Crippen LogP contribution in [0.1, 0.15) is 77.5 Å². The molecule has 1 unspecified atom stereocenters. The van der Waals surface area contributed by atoms with Gasteiger partial charge in [0.2, 0.25) is 0 Å². The second-order valence-corrected chi connectivity index (χ2v) is 7.32. The van der Waals surface area contributed by atoms with Crippen LogP contribution in [0.3, 0.4) is 0 Å². The SMILES string of the molecule is CCCCCCCCC(O)c1ccc2c(Cl)ccc(OC(C)C)c2n1. The van der Waals surface area contributed by atoms with E-state index >= 15 is 0 Å². The molecule has 0 fully saturated rings. The van der Waals surface area contributed by atoms with E-state index in [0.717, 1.165) is 30.2 Å². The topological polar surface area (TPSA) is 42.4 Å². The number of unbranched alkanes of at least 4 members (excludes halogenated alkanes) is 5. The third-order valence-corrected chi connectivity index (χ3v) is 4.65. The molecular weight excluding hydrogens is 334 g/mol. The van der Waals surface area contributed by atoms with Crippen LogP contribution in [0.5, 0.6) is 5.75 Å². The van der Waals surface area contributed by atoms with Crippen molar-refractivity contribution in [2.45, 2.75) is 77.9 Å². The van der Waals surface area contributed by atoms with E-state index in [0.29, 0.717) is 16.5 Å². The Morgan fingerprint density at radius 1 is 1.04 bits per heavy atom. The second-order valence-electron chi connectivity index (χ2n) is 6.92. The van der Waals surface area contributed by atoms with Crippen molar-refractivity contribution in [1.82, 2.24) is 4.98 Å². The van der Waals surface area contributed by atoms with Gasteiger partial charge in [0, 0.05) is 5.39 Å². The van der Waals surface area contributed by atoms with Gasteiger partial charge in [-0.25, -0.2) is 4.98 Å². The highest BCUT2D eigenvalue weighted by Crippen LogP contribution is 2.32. The molecule has 0 radical (unpaired) electrons. The first-order valence-corrected chi connectivity index (χ1v) is 9.84. The number of halogens is 1. The summed E-state index contributed by atoms with van der Waals surface area (Å²) < 4.78 is 5.85. The first-order valence-electron chi connectivity index (χ1n) is 9.46. The number of rotatable bonds is 10. The number of hydrogen-bond donors (Lipinski definition) is 1. The number of aliphatic hydroxyl groups excluding tert-OH is 1. The van der Waals surface area contributed by atoms with Gasteiger partial charge in [-0.05, 0) is 44.5 Å². The molecule has 138 valence electrons. The van der Waals surface area contributed by atoms with Gasteiger partial charge in [0.1, 0.15) is 11.3 Å². The number of ether oxygens (including phenoxy) is 1. The maximum Gasteiger partial charge on any atom is 0.146 e. The van der Waals surface area contributed by atoms with E-state index in [-0.39, 0.29) is 6.10 Å². The standard InChI is InChI=1S/C21H30ClNO2/c1-4-5-6-7-8-9-10-19(24)18-13-11-16-17(22)12-14-20(21(16)23-18)25-15(2)3/h11-15,19,24H,4-10H2,1-3H3. The Labute approximate surface area is 156 Å². The largest absolute Gasteiger partial charge is 0.489 e. The highest BCUT2D eigenvalue weighted by Gasteiger charge is 2.14. The fourth-order valence-corrected chi connectivity index (χ4v) is 3.19. The number of hydrogen-bond acceptors (Lipinski definition) is 3. The molecule has 0 aliphatic carbocycles. The minimum atomic E-state index is -0.540. The van der Waals surface area contributed by atoms with Crippen LogP contribution >= 0.6 is 11.6 Å². The van der Waals surface area contributed by atoms with Gasteiger partial charge in [0.15, 0.2) is 0 Å². The maximum atomic E-state index is 10.5. The van der Waals surface area contributed by atoms with Crippen LogP contribution in [0, 0.1) is 0 Å². The van der Waals surface area contributed by atoms with Gasteiger partial charge in [-0.2, -0.15) is 0 Å². The van der Waals surface area contributed by atoms with E-state index in [2.05, 4.69) is 11.9 Å². The van der Waals surface area contributed by atoms with E-state index in [9.17, 15) is 5.11 Å². The zero-order valence-corrected chi connectivity index (χ0v) is 16.4. The summed E-state index contributed by atoms with van der Waals surface area (Å²) in [5.74, 6) is 0.711. The number of aliphatic hydroxyl groups is 1. The molecule has 1 heterocycles.